The Morgan fingerprint density at radius 3 is 1.82 bits per heavy atom. The van der Waals surface area contributed by atoms with Gasteiger partial charge in [-0.25, -0.2) is 0 Å². The summed E-state index contributed by atoms with van der Waals surface area (Å²) in [7, 11) is 0. The van der Waals surface area contributed by atoms with Crippen molar-refractivity contribution in [1.29, 1.82) is 0 Å². The molecule has 8 aromatic rings. The lowest BCUT2D eigenvalue weighted by atomic mass is 9.59. The van der Waals surface area contributed by atoms with Gasteiger partial charge in [-0.1, -0.05) is 166 Å². The van der Waals surface area contributed by atoms with E-state index in [4.69, 9.17) is 0 Å². The average Bonchev–Trinajstić information content (AvgIpc) is 3.94. The van der Waals surface area contributed by atoms with Gasteiger partial charge >= 0.3 is 0 Å². The van der Waals surface area contributed by atoms with Crippen LogP contribution in [0, 0.1) is 23.7 Å². The molecule has 61 heavy (non-hydrogen) atoms. The van der Waals surface area contributed by atoms with Crippen molar-refractivity contribution in [2.24, 2.45) is 23.7 Å². The number of rotatable bonds is 6. The largest absolute Gasteiger partial charge is 0.310 e. The molecular weight excluding hydrogens is 735 g/mol. The molecule has 1 spiro atoms. The van der Waals surface area contributed by atoms with Crippen LogP contribution in [-0.2, 0) is 10.8 Å². The van der Waals surface area contributed by atoms with Gasteiger partial charge in [-0.2, -0.15) is 0 Å². The summed E-state index contributed by atoms with van der Waals surface area (Å²) in [6.07, 6.45) is 5.56. The monoisotopic (exact) mass is 783 g/mol. The lowest BCUT2D eigenvalue weighted by molar-refractivity contribution is 0.191. The first kappa shape index (κ1) is 35.3. The zero-order chi connectivity index (χ0) is 40.5. The Bertz CT molecular complexity index is 3030. The van der Waals surface area contributed by atoms with Gasteiger partial charge in [-0.05, 0) is 158 Å². The molecule has 1 heteroatoms. The Balaban J connectivity index is 1.08. The molecule has 0 aromatic heterocycles. The fraction of sp³-hybridized carbons (Fsp3) is 0.200. The van der Waals surface area contributed by atoms with Gasteiger partial charge in [0.05, 0.1) is 5.69 Å². The highest BCUT2D eigenvalue weighted by molar-refractivity contribution is 5.97. The van der Waals surface area contributed by atoms with Crippen LogP contribution in [0.1, 0.15) is 61.8 Å². The predicted molar refractivity (Wildman–Crippen MR) is 254 cm³/mol. The summed E-state index contributed by atoms with van der Waals surface area (Å²) in [5.41, 5.74) is 22.7. The number of fused-ring (bicyclic) bond motifs is 6. The lowest BCUT2D eigenvalue weighted by Gasteiger charge is -2.44. The van der Waals surface area contributed by atoms with Crippen LogP contribution in [0.5, 0.6) is 0 Å². The van der Waals surface area contributed by atoms with Gasteiger partial charge in [-0.15, -0.1) is 0 Å². The molecule has 0 amide bonds. The molecule has 4 saturated carbocycles. The molecule has 8 aromatic carbocycles. The van der Waals surface area contributed by atoms with Crippen LogP contribution in [0.3, 0.4) is 0 Å². The molecule has 4 fully saturated rings. The molecule has 1 nitrogen and oxygen atoms in total. The summed E-state index contributed by atoms with van der Waals surface area (Å²) in [5, 5.41) is 0. The van der Waals surface area contributed by atoms with E-state index >= 15 is 0 Å². The van der Waals surface area contributed by atoms with Crippen molar-refractivity contribution in [2.45, 2.75) is 50.4 Å². The fourth-order valence-electron chi connectivity index (χ4n) is 13.7. The van der Waals surface area contributed by atoms with Crippen molar-refractivity contribution in [2.75, 3.05) is 4.90 Å². The van der Waals surface area contributed by atoms with Crippen LogP contribution in [-0.4, -0.2) is 0 Å². The zero-order valence-electron chi connectivity index (χ0n) is 35.0. The molecule has 0 aliphatic heterocycles. The molecule has 5 atom stereocenters. The second-order valence-electron chi connectivity index (χ2n) is 19.3. The van der Waals surface area contributed by atoms with Gasteiger partial charge in [0.1, 0.15) is 0 Å². The van der Waals surface area contributed by atoms with Crippen LogP contribution in [0.15, 0.2) is 188 Å². The van der Waals surface area contributed by atoms with E-state index in [1.165, 1.54) is 110 Å². The van der Waals surface area contributed by atoms with Crippen molar-refractivity contribution < 1.29 is 0 Å². The van der Waals surface area contributed by atoms with Crippen molar-refractivity contribution in [3.05, 3.63) is 210 Å². The van der Waals surface area contributed by atoms with Crippen molar-refractivity contribution in [3.8, 4) is 55.6 Å². The molecule has 0 saturated heterocycles. The second kappa shape index (κ2) is 13.0. The van der Waals surface area contributed by atoms with E-state index in [2.05, 4.69) is 207 Å². The van der Waals surface area contributed by atoms with E-state index in [0.29, 0.717) is 5.92 Å². The van der Waals surface area contributed by atoms with Crippen molar-refractivity contribution in [1.82, 2.24) is 0 Å². The number of anilines is 3. The molecule has 5 unspecified atom stereocenters. The summed E-state index contributed by atoms with van der Waals surface area (Å²) in [6, 6.07) is 71.4. The number of hydrogen-bond donors (Lipinski definition) is 0. The third kappa shape index (κ3) is 4.95. The smallest absolute Gasteiger partial charge is 0.0540 e. The zero-order valence-corrected chi connectivity index (χ0v) is 35.0. The maximum absolute atomic E-state index is 2.60. The van der Waals surface area contributed by atoms with Crippen molar-refractivity contribution in [3.63, 3.8) is 0 Å². The number of nitrogens with zero attached hydrogens (tertiary/aromatic N) is 1. The van der Waals surface area contributed by atoms with Gasteiger partial charge < -0.3 is 4.90 Å². The molecule has 0 heterocycles. The first-order valence-corrected chi connectivity index (χ1v) is 22.6. The normalized spacial score (nSPS) is 22.9. The predicted octanol–water partition coefficient (Wildman–Crippen LogP) is 15.8. The van der Waals surface area contributed by atoms with Crippen LogP contribution in [0.25, 0.3) is 55.6 Å². The fourth-order valence-corrected chi connectivity index (χ4v) is 13.7. The van der Waals surface area contributed by atoms with E-state index in [1.807, 2.05) is 0 Å². The summed E-state index contributed by atoms with van der Waals surface area (Å²) in [4.78, 5) is 2.58. The highest BCUT2D eigenvalue weighted by Crippen LogP contribution is 2.73. The molecule has 6 aliphatic rings. The molecule has 294 valence electrons. The topological polar surface area (TPSA) is 3.24 Å². The molecule has 14 rings (SSSR count). The average molecular weight is 784 g/mol. The quantitative estimate of drug-likeness (QED) is 0.162. The first-order valence-electron chi connectivity index (χ1n) is 22.6. The Kier molecular flexibility index (Phi) is 7.55. The highest BCUT2D eigenvalue weighted by atomic mass is 15.1. The lowest BCUT2D eigenvalue weighted by Crippen LogP contribution is -2.40. The minimum absolute atomic E-state index is 0.0897. The Labute approximate surface area is 360 Å². The SMILES string of the molecule is CC1(C)c2ccccc2-c2ccc(N(c3ccc4c(c3)-c3c(-c5ccccc5)cccc3C43C4CC5CC(C4)C3C5)c3ccc(-c4ccccc4)cc3-c3ccccc3)cc21. The second-order valence-corrected chi connectivity index (χ2v) is 19.3. The third-order valence-corrected chi connectivity index (χ3v) is 16.1. The van der Waals surface area contributed by atoms with Gasteiger partial charge in [0, 0.05) is 27.8 Å². The minimum Gasteiger partial charge on any atom is -0.310 e. The molecule has 6 aliphatic carbocycles. The molecule has 0 radical (unpaired) electrons. The molecule has 0 N–H and O–H groups in total. The number of hydrogen-bond acceptors (Lipinski definition) is 1. The first-order chi connectivity index (χ1) is 30.0. The third-order valence-electron chi connectivity index (χ3n) is 16.1. The summed E-state index contributed by atoms with van der Waals surface area (Å²) in [5.74, 6) is 3.18. The van der Waals surface area contributed by atoms with E-state index in [-0.39, 0.29) is 10.8 Å². The van der Waals surface area contributed by atoms with Crippen LogP contribution in [0.4, 0.5) is 17.1 Å². The maximum Gasteiger partial charge on any atom is 0.0540 e. The Morgan fingerprint density at radius 1 is 0.410 bits per heavy atom. The molecule has 4 bridgehead atoms. The maximum atomic E-state index is 2.60. The standard InChI is InChI=1S/C60H49N/c1-59(2)52-23-13-12-21-48(52)49-28-26-46(37-56(49)59)61(57-30-25-42(39-15-6-3-7-16-39)35-50(57)41-19-10-5-11-20-41)45-27-29-53-51(36-45)58-47(40-17-8-4-9-18-40)22-14-24-54(58)60(53)44-32-38-31-43(34-44)55(60)33-38/h3-30,35-38,43-44,55H,31-34H2,1-2H3. The Morgan fingerprint density at radius 2 is 1.05 bits per heavy atom. The Hall–Kier alpha value is -6.44. The van der Waals surface area contributed by atoms with Gasteiger partial charge in [0.25, 0.3) is 0 Å². The van der Waals surface area contributed by atoms with E-state index < -0.39 is 0 Å². The van der Waals surface area contributed by atoms with Gasteiger partial charge in [0.15, 0.2) is 0 Å². The van der Waals surface area contributed by atoms with Crippen molar-refractivity contribution >= 4 is 17.1 Å². The van der Waals surface area contributed by atoms with E-state index in [0.717, 1.165) is 17.8 Å². The van der Waals surface area contributed by atoms with Gasteiger partial charge in [-0.3, -0.25) is 0 Å². The highest BCUT2D eigenvalue weighted by Gasteiger charge is 2.66. The van der Waals surface area contributed by atoms with Gasteiger partial charge in [0.2, 0.25) is 0 Å². The van der Waals surface area contributed by atoms with E-state index in [9.17, 15) is 0 Å². The minimum atomic E-state index is -0.123. The van der Waals surface area contributed by atoms with Crippen LogP contribution in [0.2, 0.25) is 0 Å². The van der Waals surface area contributed by atoms with Crippen LogP contribution >= 0.6 is 0 Å². The summed E-state index contributed by atoms with van der Waals surface area (Å²) < 4.78 is 0. The van der Waals surface area contributed by atoms with Crippen LogP contribution < -0.4 is 4.90 Å². The summed E-state index contributed by atoms with van der Waals surface area (Å²) in [6.45, 7) is 4.80. The molecular formula is C60H49N. The summed E-state index contributed by atoms with van der Waals surface area (Å²) >= 11 is 0. The number of benzene rings is 8. The van der Waals surface area contributed by atoms with E-state index in [1.54, 1.807) is 11.1 Å².